The topological polar surface area (TPSA) is 64.1 Å². The highest BCUT2D eigenvalue weighted by atomic mass is 35.5. The van der Waals surface area contributed by atoms with E-state index in [1.165, 1.54) is 0 Å². The highest BCUT2D eigenvalue weighted by molar-refractivity contribution is 6.33. The molecule has 0 unspecified atom stereocenters. The van der Waals surface area contributed by atoms with Gasteiger partial charge in [-0.25, -0.2) is 9.97 Å². The van der Waals surface area contributed by atoms with Gasteiger partial charge in [-0.1, -0.05) is 29.8 Å². The molecule has 1 heterocycles. The number of hydrogen-bond donors (Lipinski definition) is 1. The van der Waals surface area contributed by atoms with Crippen molar-refractivity contribution in [3.8, 4) is 16.9 Å². The normalized spacial score (nSPS) is 13.7. The van der Waals surface area contributed by atoms with E-state index in [1.54, 1.807) is 13.3 Å². The summed E-state index contributed by atoms with van der Waals surface area (Å²) in [7, 11) is 1.61. The van der Waals surface area contributed by atoms with Crippen molar-refractivity contribution in [3.05, 3.63) is 47.6 Å². The number of fused-ring (bicyclic) bond motifs is 1. The van der Waals surface area contributed by atoms with Crippen LogP contribution < -0.4 is 10.1 Å². The van der Waals surface area contributed by atoms with E-state index in [0.29, 0.717) is 22.2 Å². The maximum Gasteiger partial charge on any atom is 0.229 e. The van der Waals surface area contributed by atoms with E-state index in [9.17, 15) is 4.79 Å². The highest BCUT2D eigenvalue weighted by Crippen LogP contribution is 2.37. The summed E-state index contributed by atoms with van der Waals surface area (Å²) in [5.41, 5.74) is 2.46. The fourth-order valence-electron chi connectivity index (χ4n) is 2.74. The van der Waals surface area contributed by atoms with Gasteiger partial charge in [0.15, 0.2) is 0 Å². The fraction of sp³-hybridized carbons (Fsp3) is 0.211. The number of ether oxygens (including phenoxy) is 1. The molecule has 1 aromatic heterocycles. The summed E-state index contributed by atoms with van der Waals surface area (Å²) in [6.45, 7) is 0. The second kappa shape index (κ2) is 6.33. The van der Waals surface area contributed by atoms with Crippen molar-refractivity contribution in [2.75, 3.05) is 12.4 Å². The summed E-state index contributed by atoms with van der Waals surface area (Å²) in [4.78, 5) is 20.6. The molecule has 0 radical (unpaired) electrons. The number of amides is 1. The Balaban J connectivity index is 1.76. The number of benzene rings is 2. The van der Waals surface area contributed by atoms with Crippen LogP contribution in [0.1, 0.15) is 12.8 Å². The Morgan fingerprint density at radius 1 is 1.24 bits per heavy atom. The largest absolute Gasteiger partial charge is 0.496 e. The molecule has 0 spiro atoms. The van der Waals surface area contributed by atoms with Crippen molar-refractivity contribution >= 4 is 34.4 Å². The van der Waals surface area contributed by atoms with Gasteiger partial charge in [0.05, 0.1) is 12.6 Å². The minimum Gasteiger partial charge on any atom is -0.496 e. The van der Waals surface area contributed by atoms with Gasteiger partial charge < -0.3 is 4.74 Å². The van der Waals surface area contributed by atoms with Crippen LogP contribution in [0.2, 0.25) is 5.02 Å². The molecule has 0 aliphatic heterocycles. The summed E-state index contributed by atoms with van der Waals surface area (Å²) in [6, 6.07) is 11.4. The number of nitrogens with zero attached hydrogens (tertiary/aromatic N) is 2. The van der Waals surface area contributed by atoms with Crippen LogP contribution in [0.4, 0.5) is 5.95 Å². The first-order valence-electron chi connectivity index (χ1n) is 8.06. The molecule has 126 valence electrons. The third kappa shape index (κ3) is 3.15. The van der Waals surface area contributed by atoms with Gasteiger partial charge in [0, 0.05) is 39.7 Å². The lowest BCUT2D eigenvalue weighted by Crippen LogP contribution is -2.15. The third-order valence-electron chi connectivity index (χ3n) is 4.25. The molecular weight excluding hydrogens is 338 g/mol. The maximum absolute atomic E-state index is 11.9. The number of hydrogen-bond acceptors (Lipinski definition) is 4. The van der Waals surface area contributed by atoms with Crippen LogP contribution in [0.15, 0.2) is 42.6 Å². The lowest BCUT2D eigenvalue weighted by Gasteiger charge is -2.12. The maximum atomic E-state index is 11.9. The van der Waals surface area contributed by atoms with Crippen molar-refractivity contribution in [3.63, 3.8) is 0 Å². The number of nitrogens with one attached hydrogen (secondary N) is 1. The van der Waals surface area contributed by atoms with E-state index in [0.717, 1.165) is 29.4 Å². The fourth-order valence-corrected chi connectivity index (χ4v) is 2.97. The van der Waals surface area contributed by atoms with Gasteiger partial charge in [-0.15, -0.1) is 0 Å². The Kier molecular flexibility index (Phi) is 4.01. The average Bonchev–Trinajstić information content (AvgIpc) is 3.46. The molecule has 1 amide bonds. The van der Waals surface area contributed by atoms with Gasteiger partial charge in [0.2, 0.25) is 11.9 Å². The van der Waals surface area contributed by atoms with E-state index >= 15 is 0 Å². The minimum absolute atomic E-state index is 0.0148. The summed E-state index contributed by atoms with van der Waals surface area (Å²) >= 11 is 6.32. The summed E-state index contributed by atoms with van der Waals surface area (Å²) < 4.78 is 5.53. The van der Waals surface area contributed by atoms with Crippen LogP contribution in [0.25, 0.3) is 22.0 Å². The van der Waals surface area contributed by atoms with Crippen molar-refractivity contribution in [2.45, 2.75) is 12.8 Å². The zero-order valence-electron chi connectivity index (χ0n) is 13.6. The van der Waals surface area contributed by atoms with Crippen molar-refractivity contribution < 1.29 is 9.53 Å². The van der Waals surface area contributed by atoms with Crippen molar-refractivity contribution in [1.29, 1.82) is 0 Å². The van der Waals surface area contributed by atoms with Gasteiger partial charge in [-0.2, -0.15) is 0 Å². The number of anilines is 1. The Hall–Kier alpha value is -2.66. The predicted molar refractivity (Wildman–Crippen MR) is 97.9 cm³/mol. The Labute approximate surface area is 150 Å². The molecule has 0 saturated heterocycles. The molecule has 25 heavy (non-hydrogen) atoms. The van der Waals surface area contributed by atoms with Gasteiger partial charge >= 0.3 is 0 Å². The van der Waals surface area contributed by atoms with E-state index in [-0.39, 0.29) is 11.8 Å². The molecular formula is C19H16ClN3O2. The van der Waals surface area contributed by atoms with E-state index in [1.807, 2.05) is 36.4 Å². The molecule has 1 fully saturated rings. The summed E-state index contributed by atoms with van der Waals surface area (Å²) in [5.74, 6) is 1.08. The Morgan fingerprint density at radius 3 is 2.76 bits per heavy atom. The second-order valence-corrected chi connectivity index (χ2v) is 6.46. The van der Waals surface area contributed by atoms with Crippen molar-refractivity contribution in [1.82, 2.24) is 9.97 Å². The van der Waals surface area contributed by atoms with E-state index in [2.05, 4.69) is 15.3 Å². The molecule has 1 aliphatic rings. The van der Waals surface area contributed by atoms with Gasteiger partial charge in [0.1, 0.15) is 5.75 Å². The number of aromatic nitrogens is 2. The third-order valence-corrected chi connectivity index (χ3v) is 4.58. The number of methoxy groups -OCH3 is 1. The predicted octanol–water partition coefficient (Wildman–Crippen LogP) is 4.31. The number of halogens is 1. The smallest absolute Gasteiger partial charge is 0.229 e. The standard InChI is InChI=1S/C19H16ClN3O2/c1-25-17-9-16-12(8-14(17)13-4-2-3-5-15(13)20)10-21-19(22-16)23-18(24)11-6-7-11/h2-5,8-11H,6-7H2,1H3,(H,21,22,23,24). The first-order valence-corrected chi connectivity index (χ1v) is 8.44. The van der Waals surface area contributed by atoms with E-state index < -0.39 is 0 Å². The van der Waals surface area contributed by atoms with Gasteiger partial charge in [-0.3, -0.25) is 10.1 Å². The van der Waals surface area contributed by atoms with Crippen LogP contribution in [0, 0.1) is 5.92 Å². The van der Waals surface area contributed by atoms with Crippen LogP contribution >= 0.6 is 11.6 Å². The number of carbonyl (C=O) groups excluding carboxylic acids is 1. The molecule has 6 heteroatoms. The number of rotatable bonds is 4. The zero-order chi connectivity index (χ0) is 17.4. The van der Waals surface area contributed by atoms with E-state index in [4.69, 9.17) is 16.3 Å². The minimum atomic E-state index is -0.0148. The molecule has 1 N–H and O–H groups in total. The quantitative estimate of drug-likeness (QED) is 0.759. The van der Waals surface area contributed by atoms with Gasteiger partial charge in [0.25, 0.3) is 0 Å². The monoisotopic (exact) mass is 353 g/mol. The molecule has 5 nitrogen and oxygen atoms in total. The summed E-state index contributed by atoms with van der Waals surface area (Å²) in [6.07, 6.45) is 3.58. The average molecular weight is 354 g/mol. The van der Waals surface area contributed by atoms with Crippen LogP contribution in [-0.4, -0.2) is 23.0 Å². The van der Waals surface area contributed by atoms with Gasteiger partial charge in [-0.05, 0) is 25.0 Å². The van der Waals surface area contributed by atoms with Crippen molar-refractivity contribution in [2.24, 2.45) is 5.92 Å². The SMILES string of the molecule is COc1cc2nc(NC(=O)C3CC3)ncc2cc1-c1ccccc1Cl. The zero-order valence-corrected chi connectivity index (χ0v) is 14.4. The Bertz CT molecular complexity index is 970. The highest BCUT2D eigenvalue weighted by Gasteiger charge is 2.30. The molecule has 1 aliphatic carbocycles. The molecule has 2 aromatic carbocycles. The first kappa shape index (κ1) is 15.8. The molecule has 4 rings (SSSR count). The molecule has 1 saturated carbocycles. The molecule has 0 bridgehead atoms. The molecule has 3 aromatic rings. The lowest BCUT2D eigenvalue weighted by molar-refractivity contribution is -0.117. The second-order valence-electron chi connectivity index (χ2n) is 6.05. The van der Waals surface area contributed by atoms with Crippen LogP contribution in [0.3, 0.4) is 0 Å². The summed E-state index contributed by atoms with van der Waals surface area (Å²) in [5, 5.41) is 4.26. The van der Waals surface area contributed by atoms with Crippen LogP contribution in [-0.2, 0) is 4.79 Å². The first-order chi connectivity index (χ1) is 12.2. The molecule has 0 atom stereocenters. The Morgan fingerprint density at radius 2 is 2.04 bits per heavy atom. The van der Waals surface area contributed by atoms with Crippen LogP contribution in [0.5, 0.6) is 5.75 Å². The lowest BCUT2D eigenvalue weighted by atomic mass is 10.0. The number of carbonyl (C=O) groups is 1.